The molecule has 3 heterocycles. The second-order valence-corrected chi connectivity index (χ2v) is 9.10. The number of hydrogen-bond acceptors (Lipinski definition) is 5. The molecule has 1 atom stereocenters. The van der Waals surface area contributed by atoms with Gasteiger partial charge in [0.05, 0.1) is 17.5 Å². The summed E-state index contributed by atoms with van der Waals surface area (Å²) in [5.41, 5.74) is 1.18. The topological polar surface area (TPSA) is 79.7 Å². The summed E-state index contributed by atoms with van der Waals surface area (Å²) in [6.07, 6.45) is 3.37. The van der Waals surface area contributed by atoms with Crippen molar-refractivity contribution in [2.45, 2.75) is 49.3 Å². The van der Waals surface area contributed by atoms with Crippen LogP contribution in [-0.4, -0.2) is 62.7 Å². The number of carboxylic acid groups (broad SMARTS) is 1. The number of aromatic nitrogens is 1. The second-order valence-electron chi connectivity index (χ2n) is 7.61. The van der Waals surface area contributed by atoms with Crippen molar-refractivity contribution in [2.24, 2.45) is 5.92 Å². The largest absolute Gasteiger partial charge is 0.490 e. The summed E-state index contributed by atoms with van der Waals surface area (Å²) in [6.45, 7) is 2.53. The maximum Gasteiger partial charge on any atom is 0.490 e. The first-order valence-electron chi connectivity index (χ1n) is 9.42. The Hall–Kier alpha value is -1.81. The standard InChI is InChI=1S/C17H22N2O2S.C2HF3O2/c20-16(14-2-1-3-14)19-11-17(12-19)8-15(10-22-17)21-9-13-4-6-18-7-5-13;3-2(4,5)1(6)7/h4-7,14-15H,1-3,8-12H2;(H,6,7). The molecule has 4 rings (SSSR count). The first-order chi connectivity index (χ1) is 13.7. The van der Waals surface area contributed by atoms with Gasteiger partial charge in [0.1, 0.15) is 0 Å². The van der Waals surface area contributed by atoms with Gasteiger partial charge >= 0.3 is 12.1 Å². The maximum atomic E-state index is 12.2. The minimum absolute atomic E-state index is 0.280. The molecule has 0 bridgehead atoms. The number of rotatable bonds is 4. The van der Waals surface area contributed by atoms with Crippen LogP contribution in [0.25, 0.3) is 0 Å². The van der Waals surface area contributed by atoms with Gasteiger partial charge in [-0.15, -0.1) is 11.8 Å². The smallest absolute Gasteiger partial charge is 0.475 e. The Morgan fingerprint density at radius 1 is 1.28 bits per heavy atom. The molecule has 1 N–H and O–H groups in total. The number of nitrogens with zero attached hydrogens (tertiary/aromatic N) is 2. The Labute approximate surface area is 170 Å². The SMILES string of the molecule is O=C(C1CCC1)N1CC2(CC(OCc3ccncc3)CS2)C1.O=C(O)C(F)(F)F. The molecule has 10 heteroatoms. The lowest BCUT2D eigenvalue weighted by molar-refractivity contribution is -0.192. The van der Waals surface area contributed by atoms with Crippen LogP contribution in [-0.2, 0) is 20.9 Å². The van der Waals surface area contributed by atoms with Gasteiger partial charge in [0, 0.05) is 37.2 Å². The average molecular weight is 432 g/mol. The second kappa shape index (κ2) is 8.91. The number of pyridine rings is 1. The Morgan fingerprint density at radius 3 is 2.41 bits per heavy atom. The molecule has 1 amide bonds. The highest BCUT2D eigenvalue weighted by Crippen LogP contribution is 2.47. The molecule has 3 aliphatic rings. The van der Waals surface area contributed by atoms with Crippen molar-refractivity contribution in [3.63, 3.8) is 0 Å². The Balaban J connectivity index is 0.000000298. The van der Waals surface area contributed by atoms with Crippen molar-refractivity contribution >= 4 is 23.6 Å². The van der Waals surface area contributed by atoms with E-state index in [1.54, 1.807) is 12.4 Å². The van der Waals surface area contributed by atoms with E-state index in [-0.39, 0.29) is 4.75 Å². The fourth-order valence-corrected chi connectivity index (χ4v) is 5.09. The van der Waals surface area contributed by atoms with E-state index in [4.69, 9.17) is 14.6 Å². The van der Waals surface area contributed by atoms with Crippen LogP contribution in [0.5, 0.6) is 0 Å². The Morgan fingerprint density at radius 2 is 1.90 bits per heavy atom. The van der Waals surface area contributed by atoms with E-state index in [0.29, 0.717) is 24.5 Å². The molecule has 1 unspecified atom stereocenters. The van der Waals surface area contributed by atoms with Crippen LogP contribution in [0, 0.1) is 5.92 Å². The van der Waals surface area contributed by atoms with Gasteiger partial charge in [-0.25, -0.2) is 4.79 Å². The van der Waals surface area contributed by atoms with Crippen LogP contribution in [0.2, 0.25) is 0 Å². The summed E-state index contributed by atoms with van der Waals surface area (Å²) in [5.74, 6) is -0.968. The van der Waals surface area contributed by atoms with Crippen LogP contribution < -0.4 is 0 Å². The van der Waals surface area contributed by atoms with E-state index < -0.39 is 12.1 Å². The highest BCUT2D eigenvalue weighted by Gasteiger charge is 2.51. The zero-order chi connectivity index (χ0) is 21.1. The zero-order valence-electron chi connectivity index (χ0n) is 15.7. The maximum absolute atomic E-state index is 12.2. The van der Waals surface area contributed by atoms with Crippen molar-refractivity contribution in [1.82, 2.24) is 9.88 Å². The number of ether oxygens (including phenoxy) is 1. The highest BCUT2D eigenvalue weighted by molar-refractivity contribution is 8.01. The van der Waals surface area contributed by atoms with Crippen LogP contribution in [0.3, 0.4) is 0 Å². The van der Waals surface area contributed by atoms with Gasteiger partial charge in [0.25, 0.3) is 0 Å². The van der Waals surface area contributed by atoms with Crippen molar-refractivity contribution in [2.75, 3.05) is 18.8 Å². The van der Waals surface area contributed by atoms with Crippen molar-refractivity contribution < 1.29 is 32.6 Å². The molecule has 29 heavy (non-hydrogen) atoms. The highest BCUT2D eigenvalue weighted by atomic mass is 32.2. The quantitative estimate of drug-likeness (QED) is 0.788. The van der Waals surface area contributed by atoms with E-state index in [2.05, 4.69) is 9.88 Å². The molecule has 1 saturated carbocycles. The van der Waals surface area contributed by atoms with Crippen LogP contribution in [0.15, 0.2) is 24.5 Å². The number of likely N-dealkylation sites (tertiary alicyclic amines) is 1. The van der Waals surface area contributed by atoms with Crippen molar-refractivity contribution in [1.29, 1.82) is 0 Å². The first-order valence-corrected chi connectivity index (χ1v) is 10.4. The molecule has 1 spiro atoms. The molecule has 3 fully saturated rings. The summed E-state index contributed by atoms with van der Waals surface area (Å²) < 4.78 is 38.1. The molecular weight excluding hydrogens is 409 g/mol. The van der Waals surface area contributed by atoms with E-state index in [1.807, 2.05) is 23.9 Å². The molecule has 0 radical (unpaired) electrons. The number of carbonyl (C=O) groups excluding carboxylic acids is 1. The molecule has 2 saturated heterocycles. The summed E-state index contributed by atoms with van der Waals surface area (Å²) in [7, 11) is 0. The molecule has 2 aliphatic heterocycles. The lowest BCUT2D eigenvalue weighted by Gasteiger charge is -2.49. The van der Waals surface area contributed by atoms with E-state index in [9.17, 15) is 18.0 Å². The van der Waals surface area contributed by atoms with Gasteiger partial charge < -0.3 is 14.7 Å². The van der Waals surface area contributed by atoms with Crippen LogP contribution in [0.4, 0.5) is 13.2 Å². The number of amides is 1. The molecular formula is C19H23F3N2O4S. The van der Waals surface area contributed by atoms with E-state index in [1.165, 1.54) is 12.0 Å². The van der Waals surface area contributed by atoms with Gasteiger partial charge in [-0.05, 0) is 37.0 Å². The van der Waals surface area contributed by atoms with Crippen molar-refractivity contribution in [3.8, 4) is 0 Å². The number of carboxylic acids is 1. The zero-order valence-corrected chi connectivity index (χ0v) is 16.5. The average Bonchev–Trinajstić information content (AvgIpc) is 3.02. The van der Waals surface area contributed by atoms with Crippen molar-refractivity contribution in [3.05, 3.63) is 30.1 Å². The normalized spacial score (nSPS) is 23.0. The predicted molar refractivity (Wildman–Crippen MR) is 100 cm³/mol. The lowest BCUT2D eigenvalue weighted by atomic mass is 9.82. The number of alkyl halides is 3. The number of halogens is 3. The molecule has 6 nitrogen and oxygen atoms in total. The number of hydrogen-bond donors (Lipinski definition) is 1. The fourth-order valence-electron chi connectivity index (χ4n) is 3.54. The third-order valence-corrected chi connectivity index (χ3v) is 6.95. The molecule has 160 valence electrons. The van der Waals surface area contributed by atoms with E-state index >= 15 is 0 Å². The van der Waals surface area contributed by atoms with Gasteiger partial charge in [-0.1, -0.05) is 6.42 Å². The van der Waals surface area contributed by atoms with E-state index in [0.717, 1.165) is 38.1 Å². The number of carbonyl (C=O) groups is 2. The fraction of sp³-hybridized carbons (Fsp3) is 0.632. The summed E-state index contributed by atoms with van der Waals surface area (Å²) in [6, 6.07) is 4.00. The van der Waals surface area contributed by atoms with Crippen LogP contribution in [0.1, 0.15) is 31.2 Å². The summed E-state index contributed by atoms with van der Waals surface area (Å²) >= 11 is 2.00. The number of thioether (sulfide) groups is 1. The van der Waals surface area contributed by atoms with Gasteiger partial charge in [-0.2, -0.15) is 13.2 Å². The predicted octanol–water partition coefficient (Wildman–Crippen LogP) is 3.12. The van der Waals surface area contributed by atoms with Gasteiger partial charge in [-0.3, -0.25) is 9.78 Å². The molecule has 1 aliphatic carbocycles. The van der Waals surface area contributed by atoms with Crippen LogP contribution >= 0.6 is 11.8 Å². The lowest BCUT2D eigenvalue weighted by Crippen LogP contribution is -2.62. The summed E-state index contributed by atoms with van der Waals surface area (Å²) in [4.78, 5) is 27.2. The monoisotopic (exact) mass is 432 g/mol. The Bertz CT molecular complexity index is 722. The summed E-state index contributed by atoms with van der Waals surface area (Å²) in [5, 5.41) is 7.12. The van der Waals surface area contributed by atoms with Gasteiger partial charge in [0.15, 0.2) is 0 Å². The molecule has 0 aromatic carbocycles. The molecule has 1 aromatic rings. The minimum Gasteiger partial charge on any atom is -0.475 e. The Kier molecular flexibility index (Phi) is 6.72. The third-order valence-electron chi connectivity index (χ3n) is 5.38. The molecule has 1 aromatic heterocycles. The van der Waals surface area contributed by atoms with Gasteiger partial charge in [0.2, 0.25) is 5.91 Å². The number of aliphatic carboxylic acids is 1. The first kappa shape index (κ1) is 21.9. The minimum atomic E-state index is -5.08. The third kappa shape index (κ3) is 5.63.